The van der Waals surface area contributed by atoms with Crippen LogP contribution in [0.2, 0.25) is 0 Å². The van der Waals surface area contributed by atoms with E-state index in [0.29, 0.717) is 22.6 Å². The number of aliphatic hydroxyl groups excluding tert-OH is 1. The van der Waals surface area contributed by atoms with E-state index in [-0.39, 0.29) is 12.3 Å². The molecule has 3 aromatic rings. The molecule has 4 N–H and O–H groups in total. The van der Waals surface area contributed by atoms with Crippen LogP contribution in [-0.4, -0.2) is 35.0 Å². The van der Waals surface area contributed by atoms with Gasteiger partial charge in [0.25, 0.3) is 5.91 Å². The molecular weight excluding hydrogens is 470 g/mol. The zero-order valence-electron chi connectivity index (χ0n) is 20.8. The molecule has 8 heteroatoms. The summed E-state index contributed by atoms with van der Waals surface area (Å²) in [7, 11) is 0. The molecule has 4 atom stereocenters. The Balaban J connectivity index is 1.64. The minimum Gasteiger partial charge on any atom is -0.481 e. The molecule has 1 aliphatic heterocycles. The highest BCUT2D eigenvalue weighted by atomic mass is 16.5. The van der Waals surface area contributed by atoms with Crippen LogP contribution in [0.25, 0.3) is 0 Å². The van der Waals surface area contributed by atoms with Crippen molar-refractivity contribution in [1.82, 2.24) is 10.6 Å². The average molecular weight is 502 g/mol. The predicted octanol–water partition coefficient (Wildman–Crippen LogP) is 3.51. The number of hydrogen-bond donors (Lipinski definition) is 4. The molecule has 8 nitrogen and oxygen atoms in total. The minimum atomic E-state index is -1.27. The van der Waals surface area contributed by atoms with Crippen molar-refractivity contribution in [2.24, 2.45) is 5.92 Å². The first-order valence-corrected chi connectivity index (χ1v) is 12.3. The van der Waals surface area contributed by atoms with E-state index in [1.165, 1.54) is 0 Å². The Labute approximate surface area is 216 Å². The molecule has 0 spiro atoms. The quantitative estimate of drug-likeness (QED) is 0.377. The monoisotopic (exact) mass is 501 g/mol. The van der Waals surface area contributed by atoms with Crippen LogP contribution in [-0.2, 0) is 14.4 Å². The van der Waals surface area contributed by atoms with Crippen LogP contribution in [0.15, 0.2) is 84.9 Å². The summed E-state index contributed by atoms with van der Waals surface area (Å²) >= 11 is 0. The van der Waals surface area contributed by atoms with Crippen LogP contribution in [0.1, 0.15) is 43.5 Å². The maximum absolute atomic E-state index is 13.7. The number of carbonyl (C=O) groups excluding carboxylic acids is 3. The topological polar surface area (TPSA) is 117 Å². The zero-order valence-corrected chi connectivity index (χ0v) is 20.8. The van der Waals surface area contributed by atoms with Gasteiger partial charge in [-0.25, -0.2) is 0 Å². The molecule has 4 rings (SSSR count). The molecule has 1 aliphatic rings. The highest BCUT2D eigenvalue weighted by Gasteiger charge is 2.38. The van der Waals surface area contributed by atoms with Crippen LogP contribution in [0.5, 0.6) is 5.75 Å². The summed E-state index contributed by atoms with van der Waals surface area (Å²) < 4.78 is 6.25. The summed E-state index contributed by atoms with van der Waals surface area (Å²) in [6.07, 6.45) is -1.84. The summed E-state index contributed by atoms with van der Waals surface area (Å²) in [5, 5.41) is 18.6. The standard InChI is InChI=1S/C29H31N3O5/c1-18(2)17-22(33)27(34)31-24(19-11-5-3-6-12-19)28(35)32-25-26(20-13-7-4-8-14-20)37-23-16-10-9-15-21(23)30-29(25)36/h3-16,18,22,24-26,33H,17H2,1-2H3,(H,30,36)(H,31,34)(H,32,35)/t22-,24-,25+,26-/m0/s1. The Hall–Kier alpha value is -4.17. The third kappa shape index (κ3) is 6.34. The number of rotatable bonds is 8. The first kappa shape index (κ1) is 25.9. The van der Waals surface area contributed by atoms with Gasteiger partial charge in [0, 0.05) is 0 Å². The van der Waals surface area contributed by atoms with Gasteiger partial charge in [0.1, 0.15) is 23.9 Å². The van der Waals surface area contributed by atoms with E-state index < -0.39 is 42.0 Å². The van der Waals surface area contributed by atoms with Crippen molar-refractivity contribution in [1.29, 1.82) is 0 Å². The second-order valence-electron chi connectivity index (χ2n) is 9.42. The van der Waals surface area contributed by atoms with E-state index in [9.17, 15) is 19.5 Å². The van der Waals surface area contributed by atoms with E-state index in [2.05, 4.69) is 16.0 Å². The van der Waals surface area contributed by atoms with E-state index in [0.717, 1.165) is 0 Å². The summed E-state index contributed by atoms with van der Waals surface area (Å²) in [6.45, 7) is 3.79. The molecule has 3 amide bonds. The summed E-state index contributed by atoms with van der Waals surface area (Å²) in [4.78, 5) is 39.8. The van der Waals surface area contributed by atoms with Crippen molar-refractivity contribution in [3.05, 3.63) is 96.1 Å². The number of ether oxygens (including phenoxy) is 1. The molecule has 0 bridgehead atoms. The number of para-hydroxylation sites is 2. The lowest BCUT2D eigenvalue weighted by molar-refractivity contribution is -0.136. The normalized spacial score (nSPS) is 18.4. The number of hydrogen-bond acceptors (Lipinski definition) is 5. The van der Waals surface area contributed by atoms with E-state index >= 15 is 0 Å². The van der Waals surface area contributed by atoms with Crippen molar-refractivity contribution < 1.29 is 24.2 Å². The van der Waals surface area contributed by atoms with Gasteiger partial charge in [-0.15, -0.1) is 0 Å². The highest BCUT2D eigenvalue weighted by molar-refractivity contribution is 6.00. The Morgan fingerprint density at radius 2 is 1.54 bits per heavy atom. The van der Waals surface area contributed by atoms with Crippen molar-refractivity contribution >= 4 is 23.4 Å². The number of aliphatic hydroxyl groups is 1. The van der Waals surface area contributed by atoms with E-state index in [1.54, 1.807) is 54.6 Å². The number of benzene rings is 3. The number of nitrogens with one attached hydrogen (secondary N) is 3. The number of carbonyl (C=O) groups is 3. The van der Waals surface area contributed by atoms with E-state index in [1.807, 2.05) is 44.2 Å². The number of anilines is 1. The van der Waals surface area contributed by atoms with Gasteiger partial charge in [-0.1, -0.05) is 86.6 Å². The molecule has 0 saturated carbocycles. The van der Waals surface area contributed by atoms with Gasteiger partial charge in [-0.2, -0.15) is 0 Å². The van der Waals surface area contributed by atoms with Gasteiger partial charge in [0.15, 0.2) is 6.10 Å². The molecule has 0 fully saturated rings. The van der Waals surface area contributed by atoms with Crippen molar-refractivity contribution in [2.45, 2.75) is 44.6 Å². The molecule has 0 aromatic heterocycles. The van der Waals surface area contributed by atoms with Crippen LogP contribution in [0.4, 0.5) is 5.69 Å². The predicted molar refractivity (Wildman–Crippen MR) is 140 cm³/mol. The maximum Gasteiger partial charge on any atom is 0.251 e. The molecular formula is C29H31N3O5. The summed E-state index contributed by atoms with van der Waals surface area (Å²) in [5.41, 5.74) is 1.71. The Kier molecular flexibility index (Phi) is 8.20. The fraction of sp³-hybridized carbons (Fsp3) is 0.276. The van der Waals surface area contributed by atoms with Gasteiger partial charge in [-0.05, 0) is 35.6 Å². The number of fused-ring (bicyclic) bond motifs is 1. The van der Waals surface area contributed by atoms with Crippen molar-refractivity contribution in [3.63, 3.8) is 0 Å². The molecule has 1 heterocycles. The maximum atomic E-state index is 13.7. The lowest BCUT2D eigenvalue weighted by Gasteiger charge is -2.28. The van der Waals surface area contributed by atoms with Crippen molar-refractivity contribution in [3.8, 4) is 5.75 Å². The highest BCUT2D eigenvalue weighted by Crippen LogP contribution is 2.34. The first-order valence-electron chi connectivity index (χ1n) is 12.3. The molecule has 37 heavy (non-hydrogen) atoms. The summed E-state index contributed by atoms with van der Waals surface area (Å²) in [6, 6.07) is 22.7. The SMILES string of the molecule is CC(C)C[C@H](O)C(=O)N[C@H](C(=O)N[C@H]1C(=O)Nc2ccccc2O[C@H]1c1ccccc1)c1ccccc1. The van der Waals surface area contributed by atoms with Gasteiger partial charge in [0.2, 0.25) is 11.8 Å². The lowest BCUT2D eigenvalue weighted by atomic mass is 9.99. The van der Waals surface area contributed by atoms with Gasteiger partial charge < -0.3 is 25.8 Å². The molecule has 0 saturated heterocycles. The van der Waals surface area contributed by atoms with Crippen LogP contribution < -0.4 is 20.7 Å². The van der Waals surface area contributed by atoms with Crippen LogP contribution in [0.3, 0.4) is 0 Å². The van der Waals surface area contributed by atoms with Crippen LogP contribution >= 0.6 is 0 Å². The molecule has 0 unspecified atom stereocenters. The van der Waals surface area contributed by atoms with Gasteiger partial charge in [-0.3, -0.25) is 14.4 Å². The Bertz CT molecular complexity index is 1230. The van der Waals surface area contributed by atoms with Crippen LogP contribution in [0, 0.1) is 5.92 Å². The summed E-state index contributed by atoms with van der Waals surface area (Å²) in [5.74, 6) is -1.15. The fourth-order valence-corrected chi connectivity index (χ4v) is 4.24. The second-order valence-corrected chi connectivity index (χ2v) is 9.42. The third-order valence-electron chi connectivity index (χ3n) is 6.09. The molecule has 0 aliphatic carbocycles. The molecule has 3 aromatic carbocycles. The van der Waals surface area contributed by atoms with Gasteiger partial charge >= 0.3 is 0 Å². The van der Waals surface area contributed by atoms with Crippen molar-refractivity contribution in [2.75, 3.05) is 5.32 Å². The van der Waals surface area contributed by atoms with Gasteiger partial charge in [0.05, 0.1) is 5.69 Å². The third-order valence-corrected chi connectivity index (χ3v) is 6.09. The number of amides is 3. The zero-order chi connectivity index (χ0) is 26.4. The Morgan fingerprint density at radius 3 is 2.22 bits per heavy atom. The largest absolute Gasteiger partial charge is 0.481 e. The Morgan fingerprint density at radius 1 is 0.919 bits per heavy atom. The second kappa shape index (κ2) is 11.7. The minimum absolute atomic E-state index is 0.0878. The first-order chi connectivity index (χ1) is 17.8. The van der Waals surface area contributed by atoms with E-state index in [4.69, 9.17) is 4.74 Å². The molecule has 0 radical (unpaired) electrons. The lowest BCUT2D eigenvalue weighted by Crippen LogP contribution is -2.52. The fourth-order valence-electron chi connectivity index (χ4n) is 4.24. The molecule has 192 valence electrons. The average Bonchev–Trinajstić information content (AvgIpc) is 3.03. The smallest absolute Gasteiger partial charge is 0.251 e.